The van der Waals surface area contributed by atoms with Crippen molar-refractivity contribution in [2.24, 2.45) is 17.6 Å². The van der Waals surface area contributed by atoms with Gasteiger partial charge in [0.15, 0.2) is 17.0 Å². The van der Waals surface area contributed by atoms with Gasteiger partial charge in [0.05, 0.1) is 16.6 Å². The van der Waals surface area contributed by atoms with Gasteiger partial charge in [0.2, 0.25) is 5.78 Å². The van der Waals surface area contributed by atoms with Crippen LogP contribution in [-0.2, 0) is 16.0 Å². The predicted octanol–water partition coefficient (Wildman–Crippen LogP) is 0.450. The highest BCUT2D eigenvalue weighted by molar-refractivity contribution is 6.25. The lowest BCUT2D eigenvalue weighted by Crippen LogP contribution is -2.68. The number of primary amides is 1. The van der Waals surface area contributed by atoms with Crippen LogP contribution in [0.2, 0.25) is 0 Å². The predicted molar refractivity (Wildman–Crippen MR) is 134 cm³/mol. The number of H-pyrrole nitrogens is 1. The minimum absolute atomic E-state index is 0.0193. The second-order valence-corrected chi connectivity index (χ2v) is 10.9. The summed E-state index contributed by atoms with van der Waals surface area (Å²) in [6.45, 7) is 0.510. The van der Waals surface area contributed by atoms with Gasteiger partial charge in [-0.2, -0.15) is 0 Å². The first-order valence-electron chi connectivity index (χ1n) is 12.4. The van der Waals surface area contributed by atoms with E-state index >= 15 is 0 Å². The largest absolute Gasteiger partial charge is 0.509 e. The third-order valence-electron chi connectivity index (χ3n) is 9.02. The summed E-state index contributed by atoms with van der Waals surface area (Å²) in [4.78, 5) is 58.2. The van der Waals surface area contributed by atoms with Crippen LogP contribution in [0.4, 0.5) is 5.69 Å². The van der Waals surface area contributed by atoms with Crippen LogP contribution in [0.1, 0.15) is 35.2 Å². The zero-order chi connectivity index (χ0) is 27.5. The summed E-state index contributed by atoms with van der Waals surface area (Å²) >= 11 is 0. The topological polar surface area (TPSA) is 190 Å². The first-order valence-corrected chi connectivity index (χ1v) is 12.4. The van der Waals surface area contributed by atoms with Crippen molar-refractivity contribution in [1.82, 2.24) is 9.88 Å². The smallest absolute Gasteiger partial charge is 0.417 e. The summed E-state index contributed by atoms with van der Waals surface area (Å²) < 4.78 is 5.30. The third-order valence-corrected chi connectivity index (χ3v) is 9.02. The van der Waals surface area contributed by atoms with Crippen LogP contribution in [0.5, 0.6) is 0 Å². The van der Waals surface area contributed by atoms with Crippen molar-refractivity contribution < 1.29 is 34.1 Å². The molecule has 12 nitrogen and oxygen atoms in total. The number of amides is 1. The number of anilines is 1. The first kappa shape index (κ1) is 24.4. The molecule has 0 saturated carbocycles. The number of carbonyl (C=O) groups is 3. The number of aliphatic hydroxyl groups is 3. The van der Waals surface area contributed by atoms with E-state index < -0.39 is 63.3 Å². The molecular weight excluding hydrogens is 496 g/mol. The lowest BCUT2D eigenvalue weighted by Gasteiger charge is -2.55. The number of hydrogen-bond donors (Lipinski definition) is 5. The maximum atomic E-state index is 14.0. The monoisotopic (exact) mass is 524 g/mol. The molecular formula is C26H28N4O8. The van der Waals surface area contributed by atoms with Crippen LogP contribution in [0.15, 0.2) is 37.9 Å². The molecule has 38 heavy (non-hydrogen) atoms. The Balaban J connectivity index is 1.64. The summed E-state index contributed by atoms with van der Waals surface area (Å²) in [7, 11) is 5.30. The lowest BCUT2D eigenvalue weighted by atomic mass is 9.54. The number of nitrogens with two attached hydrogens (primary N) is 1. The second kappa shape index (κ2) is 7.58. The molecule has 0 radical (unpaired) electrons. The van der Waals surface area contributed by atoms with E-state index in [1.807, 2.05) is 0 Å². The molecule has 6 N–H and O–H groups in total. The number of aromatic amines is 1. The summed E-state index contributed by atoms with van der Waals surface area (Å²) in [5.41, 5.74) is 2.18. The van der Waals surface area contributed by atoms with Gasteiger partial charge >= 0.3 is 5.76 Å². The number of ketones is 2. The van der Waals surface area contributed by atoms with Gasteiger partial charge in [-0.25, -0.2) is 4.79 Å². The number of Topliss-reactive ketones (excluding diaryl/α,β-unsaturated/α-hetero) is 2. The molecule has 2 heterocycles. The first-order chi connectivity index (χ1) is 17.8. The molecule has 2 aromatic rings. The number of benzene rings is 1. The van der Waals surface area contributed by atoms with Gasteiger partial charge in [0.25, 0.3) is 5.91 Å². The van der Waals surface area contributed by atoms with Crippen LogP contribution in [0, 0.1) is 11.8 Å². The Morgan fingerprint density at radius 3 is 2.55 bits per heavy atom. The number of nitrogens with one attached hydrogen (secondary N) is 1. The van der Waals surface area contributed by atoms with Crippen molar-refractivity contribution in [2.45, 2.75) is 36.8 Å². The molecule has 0 bridgehead atoms. The summed E-state index contributed by atoms with van der Waals surface area (Å²) in [5.74, 6) is -6.94. The van der Waals surface area contributed by atoms with Crippen molar-refractivity contribution in [3.63, 3.8) is 0 Å². The van der Waals surface area contributed by atoms with E-state index in [0.717, 1.165) is 0 Å². The van der Waals surface area contributed by atoms with E-state index in [2.05, 4.69) is 4.98 Å². The average molecular weight is 525 g/mol. The van der Waals surface area contributed by atoms with Crippen LogP contribution >= 0.6 is 0 Å². The van der Waals surface area contributed by atoms with Gasteiger partial charge in [0.1, 0.15) is 17.1 Å². The van der Waals surface area contributed by atoms with E-state index in [-0.39, 0.29) is 29.6 Å². The Morgan fingerprint density at radius 2 is 1.95 bits per heavy atom. The Morgan fingerprint density at radius 1 is 1.24 bits per heavy atom. The quantitative estimate of drug-likeness (QED) is 0.345. The molecule has 3 aliphatic carbocycles. The summed E-state index contributed by atoms with van der Waals surface area (Å²) in [6.07, 6.45) is 1.22. The van der Waals surface area contributed by atoms with Crippen molar-refractivity contribution in [3.05, 3.63) is 50.4 Å². The van der Waals surface area contributed by atoms with Crippen molar-refractivity contribution in [2.75, 3.05) is 32.6 Å². The second-order valence-electron chi connectivity index (χ2n) is 10.9. The minimum atomic E-state index is -2.66. The van der Waals surface area contributed by atoms with Crippen LogP contribution in [-0.4, -0.2) is 81.5 Å². The minimum Gasteiger partial charge on any atom is -0.509 e. The fourth-order valence-electron chi connectivity index (χ4n) is 7.39. The standard InChI is InChI=1S/C26H28N4O8/c1-29(2)13-9-12-19(38-24(36)28-12)16-11(13)7-10-8-14-25(5-4-6-30(25)3)20(32)17(23(27)35)22(34)26(14,37)21(33)15(10)18(16)31/h9-10,14,32-33,37H,4-8H2,1-3H3,(H2,27,35)(H,28,36)/t10-,14-,25?,26-/m0/s1. The number of carbonyl (C=O) groups excluding carboxylic acids is 3. The Kier molecular flexibility index (Phi) is 4.87. The van der Waals surface area contributed by atoms with E-state index in [1.165, 1.54) is 0 Å². The fraction of sp³-hybridized carbons (Fsp3) is 0.462. The van der Waals surface area contributed by atoms with Gasteiger partial charge in [-0.1, -0.05) is 0 Å². The Hall–Kier alpha value is -3.90. The number of likely N-dealkylation sites (N-methyl/N-ethyl adjacent to an activating group) is 1. The number of allylic oxidation sites excluding steroid dienone is 1. The number of oxazole rings is 1. The highest BCUT2D eigenvalue weighted by Crippen LogP contribution is 2.58. The Labute approximate surface area is 216 Å². The van der Waals surface area contributed by atoms with Gasteiger partial charge in [-0.05, 0) is 56.8 Å². The molecule has 1 spiro atoms. The van der Waals surface area contributed by atoms with E-state index in [9.17, 15) is 34.5 Å². The highest BCUT2D eigenvalue weighted by Gasteiger charge is 2.69. The van der Waals surface area contributed by atoms with Crippen LogP contribution in [0.3, 0.4) is 0 Å². The number of rotatable bonds is 2. The number of hydrogen-bond acceptors (Lipinski definition) is 10. The average Bonchev–Trinajstić information content (AvgIpc) is 3.41. The zero-order valence-corrected chi connectivity index (χ0v) is 21.1. The molecule has 6 rings (SSSR count). The summed E-state index contributed by atoms with van der Waals surface area (Å²) in [6, 6.07) is 1.71. The van der Waals surface area contributed by atoms with Gasteiger partial charge in [0, 0.05) is 31.3 Å². The van der Waals surface area contributed by atoms with Crippen molar-refractivity contribution >= 4 is 34.3 Å². The molecule has 1 saturated heterocycles. The number of likely N-dealkylation sites (tertiary alicyclic amines) is 1. The van der Waals surface area contributed by atoms with Crippen molar-refractivity contribution in [1.29, 1.82) is 0 Å². The van der Waals surface area contributed by atoms with Crippen LogP contribution in [0.25, 0.3) is 11.1 Å². The maximum absolute atomic E-state index is 14.0. The number of aliphatic hydroxyl groups excluding tert-OH is 2. The molecule has 200 valence electrons. The van der Waals surface area contributed by atoms with Gasteiger partial charge < -0.3 is 30.4 Å². The van der Waals surface area contributed by atoms with E-state index in [4.69, 9.17) is 10.2 Å². The molecule has 1 unspecified atom stereocenters. The lowest BCUT2D eigenvalue weighted by molar-refractivity contribution is -0.155. The molecule has 1 fully saturated rings. The molecule has 1 amide bonds. The maximum Gasteiger partial charge on any atom is 0.417 e. The fourth-order valence-corrected chi connectivity index (χ4v) is 7.39. The summed E-state index contributed by atoms with van der Waals surface area (Å²) in [5, 5.41) is 34.9. The molecule has 1 aromatic carbocycles. The Bertz CT molecular complexity index is 1600. The number of aromatic nitrogens is 1. The molecule has 4 atom stereocenters. The zero-order valence-electron chi connectivity index (χ0n) is 21.1. The normalized spacial score (nSPS) is 31.2. The third kappa shape index (κ3) is 2.71. The van der Waals surface area contributed by atoms with Crippen LogP contribution < -0.4 is 16.4 Å². The highest BCUT2D eigenvalue weighted by atomic mass is 16.4. The molecule has 12 heteroatoms. The van der Waals surface area contributed by atoms with E-state index in [0.29, 0.717) is 36.2 Å². The van der Waals surface area contributed by atoms with Gasteiger partial charge in [-0.15, -0.1) is 0 Å². The van der Waals surface area contributed by atoms with Gasteiger partial charge in [-0.3, -0.25) is 24.3 Å². The van der Waals surface area contributed by atoms with Crippen molar-refractivity contribution in [3.8, 4) is 0 Å². The SMILES string of the molecule is CN(C)c1cc2[nH]c(=O)oc2c2c1C[C@H]1C[C@H]3C4(CCCN4C)C(O)=C(C(N)=O)C(=O)[C@@]3(O)C(O)=C1C2=O. The molecule has 1 aromatic heterocycles. The number of fused-ring (bicyclic) bond motifs is 6. The van der Waals surface area contributed by atoms with E-state index in [1.54, 1.807) is 37.0 Å². The molecule has 4 aliphatic rings. The molecule has 1 aliphatic heterocycles. The number of nitrogens with zero attached hydrogens (tertiary/aromatic N) is 2.